The first-order chi connectivity index (χ1) is 18.3. The van der Waals surface area contributed by atoms with Gasteiger partial charge in [0.1, 0.15) is 11.6 Å². The summed E-state index contributed by atoms with van der Waals surface area (Å²) < 4.78 is 4.49. The highest BCUT2D eigenvalue weighted by Gasteiger charge is 2.18. The van der Waals surface area contributed by atoms with E-state index < -0.39 is 0 Å². The molecule has 0 aliphatic heterocycles. The van der Waals surface area contributed by atoms with E-state index in [0.717, 1.165) is 61.8 Å². The van der Waals surface area contributed by atoms with Crippen LogP contribution in [0, 0.1) is 6.92 Å². The largest absolute Gasteiger partial charge is 0.292 e. The first-order valence-electron chi connectivity index (χ1n) is 12.4. The van der Waals surface area contributed by atoms with Gasteiger partial charge in [-0.2, -0.15) is 0 Å². The molecule has 0 aliphatic carbocycles. The number of benzene rings is 5. The minimum Gasteiger partial charge on any atom is -0.292 e. The second-order valence-corrected chi connectivity index (χ2v) is 9.28. The number of para-hydroxylation sites is 6. The highest BCUT2D eigenvalue weighted by atomic mass is 15.1. The van der Waals surface area contributed by atoms with E-state index in [4.69, 9.17) is 9.97 Å². The van der Waals surface area contributed by atoms with Crippen LogP contribution in [0.1, 0.15) is 5.56 Å². The van der Waals surface area contributed by atoms with Gasteiger partial charge in [0.25, 0.3) is 0 Å². The van der Waals surface area contributed by atoms with Gasteiger partial charge in [-0.15, -0.1) is 0 Å². The number of hydrogen-bond donors (Lipinski definition) is 0. The molecule has 2 heterocycles. The molecule has 37 heavy (non-hydrogen) atoms. The molecule has 0 aliphatic rings. The maximum absolute atomic E-state index is 5.09. The number of hydrogen-bond acceptors (Lipinski definition) is 2. The fourth-order valence-electron chi connectivity index (χ4n) is 5.16. The molecule has 2 aromatic heterocycles. The Balaban J connectivity index is 1.49. The van der Waals surface area contributed by atoms with Crippen LogP contribution in [0.2, 0.25) is 0 Å². The average Bonchev–Trinajstić information content (AvgIpc) is 3.53. The van der Waals surface area contributed by atoms with Crippen LogP contribution in [-0.2, 0) is 0 Å². The molecule has 0 saturated heterocycles. The SMILES string of the molecule is Cc1cc(-c2nc3ccccc3n2-c2ccccc2)cc(-c2nc3ccccc3n2-c2ccccc2)c1. The quantitative estimate of drug-likeness (QED) is 0.258. The fraction of sp³-hybridized carbons (Fsp3) is 0.0303. The maximum Gasteiger partial charge on any atom is 0.145 e. The van der Waals surface area contributed by atoms with E-state index >= 15 is 0 Å². The normalized spacial score (nSPS) is 11.4. The number of fused-ring (bicyclic) bond motifs is 2. The molecule has 4 heteroatoms. The van der Waals surface area contributed by atoms with Gasteiger partial charge in [-0.25, -0.2) is 9.97 Å². The lowest BCUT2D eigenvalue weighted by Gasteiger charge is -2.13. The predicted octanol–water partition coefficient (Wildman–Crippen LogP) is 8.01. The molecule has 0 bridgehead atoms. The van der Waals surface area contributed by atoms with Crippen LogP contribution < -0.4 is 0 Å². The number of aromatic nitrogens is 4. The first-order valence-corrected chi connectivity index (χ1v) is 12.4. The van der Waals surface area contributed by atoms with E-state index in [0.29, 0.717) is 0 Å². The van der Waals surface area contributed by atoms with Gasteiger partial charge < -0.3 is 0 Å². The molecular formula is C33H24N4. The summed E-state index contributed by atoms with van der Waals surface area (Å²) in [6.07, 6.45) is 0. The molecule has 7 aromatic rings. The van der Waals surface area contributed by atoms with Crippen LogP contribution in [0.15, 0.2) is 127 Å². The van der Waals surface area contributed by atoms with Crippen LogP contribution in [0.4, 0.5) is 0 Å². The number of imidazole rings is 2. The zero-order valence-electron chi connectivity index (χ0n) is 20.4. The number of nitrogens with zero attached hydrogens (tertiary/aromatic N) is 4. The highest BCUT2D eigenvalue weighted by Crippen LogP contribution is 2.34. The molecule has 0 fully saturated rings. The summed E-state index contributed by atoms with van der Waals surface area (Å²) in [4.78, 5) is 10.2. The van der Waals surface area contributed by atoms with E-state index in [1.165, 1.54) is 0 Å². The Morgan fingerprint density at radius 2 is 0.865 bits per heavy atom. The third-order valence-electron chi connectivity index (χ3n) is 6.74. The van der Waals surface area contributed by atoms with Gasteiger partial charge in [0.15, 0.2) is 0 Å². The second kappa shape index (κ2) is 8.61. The summed E-state index contributed by atoms with van der Waals surface area (Å²) in [6.45, 7) is 2.14. The standard InChI is InChI=1S/C33H24N4/c1-23-20-24(32-34-28-16-8-10-18-30(28)36(32)26-12-4-2-5-13-26)22-25(21-23)33-35-29-17-9-11-19-31(29)37(33)27-14-6-3-7-15-27/h2-22H,1H3. The lowest BCUT2D eigenvalue weighted by Crippen LogP contribution is -2.00. The number of aryl methyl sites for hydroxylation is 1. The number of rotatable bonds is 4. The van der Waals surface area contributed by atoms with Crippen molar-refractivity contribution in [3.05, 3.63) is 133 Å². The molecule has 176 valence electrons. The van der Waals surface area contributed by atoms with Crippen molar-refractivity contribution in [3.8, 4) is 34.2 Å². The first kappa shape index (κ1) is 21.3. The molecule has 0 unspecified atom stereocenters. The third kappa shape index (κ3) is 3.62. The van der Waals surface area contributed by atoms with E-state index in [1.54, 1.807) is 0 Å². The molecule has 0 N–H and O–H groups in total. The van der Waals surface area contributed by atoms with Gasteiger partial charge >= 0.3 is 0 Å². The smallest absolute Gasteiger partial charge is 0.145 e. The van der Waals surface area contributed by atoms with E-state index in [-0.39, 0.29) is 0 Å². The Hall–Kier alpha value is -4.96. The van der Waals surface area contributed by atoms with Crippen LogP contribution in [-0.4, -0.2) is 19.1 Å². The molecule has 7 rings (SSSR count). The van der Waals surface area contributed by atoms with Gasteiger partial charge in [-0.1, -0.05) is 60.7 Å². The van der Waals surface area contributed by atoms with Crippen molar-refractivity contribution < 1.29 is 0 Å². The summed E-state index contributed by atoms with van der Waals surface area (Å²) in [5.41, 5.74) is 9.57. The summed E-state index contributed by atoms with van der Waals surface area (Å²) >= 11 is 0. The van der Waals surface area contributed by atoms with Crippen molar-refractivity contribution in [2.24, 2.45) is 0 Å². The van der Waals surface area contributed by atoms with Crippen molar-refractivity contribution in [2.45, 2.75) is 6.92 Å². The molecule has 0 saturated carbocycles. The van der Waals surface area contributed by atoms with Crippen LogP contribution in [0.5, 0.6) is 0 Å². The van der Waals surface area contributed by atoms with Gasteiger partial charge in [0.2, 0.25) is 0 Å². The molecule has 0 spiro atoms. The topological polar surface area (TPSA) is 35.6 Å². The zero-order valence-corrected chi connectivity index (χ0v) is 20.4. The van der Waals surface area contributed by atoms with Crippen LogP contribution in [0.3, 0.4) is 0 Å². The van der Waals surface area contributed by atoms with E-state index in [9.17, 15) is 0 Å². The molecule has 0 atom stereocenters. The van der Waals surface area contributed by atoms with E-state index in [2.05, 4.69) is 119 Å². The molecule has 0 radical (unpaired) electrons. The Labute approximate surface area is 215 Å². The van der Waals surface area contributed by atoms with Crippen molar-refractivity contribution in [3.63, 3.8) is 0 Å². The predicted molar refractivity (Wildman–Crippen MR) is 151 cm³/mol. The van der Waals surface area contributed by atoms with Crippen molar-refractivity contribution >= 4 is 22.1 Å². The lowest BCUT2D eigenvalue weighted by atomic mass is 10.0. The van der Waals surface area contributed by atoms with Crippen molar-refractivity contribution in [2.75, 3.05) is 0 Å². The maximum atomic E-state index is 5.09. The zero-order chi connectivity index (χ0) is 24.8. The van der Waals surface area contributed by atoms with Crippen molar-refractivity contribution in [1.29, 1.82) is 0 Å². The Morgan fingerprint density at radius 1 is 0.459 bits per heavy atom. The van der Waals surface area contributed by atoms with Crippen molar-refractivity contribution in [1.82, 2.24) is 19.1 Å². The van der Waals surface area contributed by atoms with Gasteiger partial charge in [-0.05, 0) is 79.2 Å². The monoisotopic (exact) mass is 476 g/mol. The molecular weight excluding hydrogens is 452 g/mol. The summed E-state index contributed by atoms with van der Waals surface area (Å²) in [7, 11) is 0. The Kier molecular flexibility index (Phi) is 4.96. The summed E-state index contributed by atoms with van der Waals surface area (Å²) in [6, 6.07) is 44.1. The van der Waals surface area contributed by atoms with Gasteiger partial charge in [-0.3, -0.25) is 9.13 Å². The summed E-state index contributed by atoms with van der Waals surface area (Å²) in [5.74, 6) is 1.83. The van der Waals surface area contributed by atoms with Crippen LogP contribution in [0.25, 0.3) is 56.2 Å². The second-order valence-electron chi connectivity index (χ2n) is 9.28. The Morgan fingerprint density at radius 3 is 1.32 bits per heavy atom. The fourth-order valence-corrected chi connectivity index (χ4v) is 5.16. The summed E-state index contributed by atoms with van der Waals surface area (Å²) in [5, 5.41) is 0. The third-order valence-corrected chi connectivity index (χ3v) is 6.74. The lowest BCUT2D eigenvalue weighted by molar-refractivity contribution is 1.09. The van der Waals surface area contributed by atoms with Crippen LogP contribution >= 0.6 is 0 Å². The van der Waals surface area contributed by atoms with Gasteiger partial charge in [0.05, 0.1) is 22.1 Å². The van der Waals surface area contributed by atoms with Gasteiger partial charge in [0, 0.05) is 22.5 Å². The minimum atomic E-state index is 0.916. The Bertz CT molecular complexity index is 1740. The highest BCUT2D eigenvalue weighted by molar-refractivity contribution is 5.86. The molecule has 0 amide bonds. The van der Waals surface area contributed by atoms with E-state index in [1.807, 2.05) is 24.3 Å². The molecule has 4 nitrogen and oxygen atoms in total. The average molecular weight is 477 g/mol. The molecule has 5 aromatic carbocycles. The minimum absolute atomic E-state index is 0.916.